The van der Waals surface area contributed by atoms with Crippen molar-refractivity contribution in [1.82, 2.24) is 4.57 Å². The second-order valence-electron chi connectivity index (χ2n) is 4.54. The van der Waals surface area contributed by atoms with Gasteiger partial charge in [0.25, 0.3) is 0 Å². The van der Waals surface area contributed by atoms with E-state index in [4.69, 9.17) is 0 Å². The molecule has 0 spiro atoms. The SMILES string of the molecule is CCSc1cn(C)cc(-c2cccc(C(F)(F)F)c2)c1=O. The van der Waals surface area contributed by atoms with Gasteiger partial charge in [0.2, 0.25) is 5.43 Å². The van der Waals surface area contributed by atoms with Crippen LogP contribution in [-0.2, 0) is 13.2 Å². The van der Waals surface area contributed by atoms with E-state index in [0.717, 1.165) is 17.9 Å². The highest BCUT2D eigenvalue weighted by molar-refractivity contribution is 7.99. The number of benzene rings is 1. The first-order chi connectivity index (χ1) is 9.82. The molecule has 6 heteroatoms. The maximum Gasteiger partial charge on any atom is 0.416 e. The Morgan fingerprint density at radius 2 is 1.95 bits per heavy atom. The van der Waals surface area contributed by atoms with E-state index in [1.807, 2.05) is 6.92 Å². The van der Waals surface area contributed by atoms with Crippen molar-refractivity contribution < 1.29 is 13.2 Å². The molecule has 0 unspecified atom stereocenters. The molecule has 0 aliphatic heterocycles. The van der Waals surface area contributed by atoms with Crippen molar-refractivity contribution in [2.75, 3.05) is 5.75 Å². The van der Waals surface area contributed by atoms with Crippen LogP contribution < -0.4 is 5.43 Å². The van der Waals surface area contributed by atoms with Crippen molar-refractivity contribution in [2.45, 2.75) is 18.0 Å². The van der Waals surface area contributed by atoms with E-state index in [9.17, 15) is 18.0 Å². The molecule has 112 valence electrons. The highest BCUT2D eigenvalue weighted by Gasteiger charge is 2.30. The zero-order chi connectivity index (χ0) is 15.6. The standard InChI is InChI=1S/C15H14F3NOS/c1-3-21-13-9-19(2)8-12(14(13)20)10-5-4-6-11(7-10)15(16,17)18/h4-9H,3H2,1-2H3. The quantitative estimate of drug-likeness (QED) is 0.793. The Bertz CT molecular complexity index is 707. The number of aromatic nitrogens is 1. The molecule has 0 aliphatic carbocycles. The summed E-state index contributed by atoms with van der Waals surface area (Å²) in [5, 5.41) is 0. The first kappa shape index (κ1) is 15.7. The number of halogens is 3. The zero-order valence-electron chi connectivity index (χ0n) is 11.6. The average Bonchev–Trinajstić information content (AvgIpc) is 2.42. The molecular formula is C15H14F3NOS. The molecule has 0 saturated carbocycles. The maximum atomic E-state index is 12.8. The summed E-state index contributed by atoms with van der Waals surface area (Å²) in [5.74, 6) is 0.723. The van der Waals surface area contributed by atoms with E-state index in [2.05, 4.69) is 0 Å². The van der Waals surface area contributed by atoms with Crippen LogP contribution in [0.1, 0.15) is 12.5 Å². The number of pyridine rings is 1. The molecule has 0 atom stereocenters. The van der Waals surface area contributed by atoms with E-state index in [0.29, 0.717) is 4.90 Å². The summed E-state index contributed by atoms with van der Waals surface area (Å²) in [6.07, 6.45) is -1.18. The smallest absolute Gasteiger partial charge is 0.355 e. The van der Waals surface area contributed by atoms with E-state index < -0.39 is 11.7 Å². The van der Waals surface area contributed by atoms with Gasteiger partial charge in [0.15, 0.2) is 0 Å². The van der Waals surface area contributed by atoms with Crippen LogP contribution in [0.4, 0.5) is 13.2 Å². The van der Waals surface area contributed by atoms with Gasteiger partial charge in [0, 0.05) is 25.0 Å². The van der Waals surface area contributed by atoms with Gasteiger partial charge in [0.1, 0.15) is 0 Å². The third kappa shape index (κ3) is 3.50. The third-order valence-electron chi connectivity index (χ3n) is 2.92. The van der Waals surface area contributed by atoms with Crippen molar-refractivity contribution in [3.63, 3.8) is 0 Å². The molecule has 1 aromatic heterocycles. The average molecular weight is 313 g/mol. The largest absolute Gasteiger partial charge is 0.416 e. The second-order valence-corrected chi connectivity index (χ2v) is 5.85. The van der Waals surface area contributed by atoms with Gasteiger partial charge < -0.3 is 4.57 Å². The first-order valence-electron chi connectivity index (χ1n) is 6.33. The molecule has 1 aromatic carbocycles. The fourth-order valence-corrected chi connectivity index (χ4v) is 2.80. The summed E-state index contributed by atoms with van der Waals surface area (Å²) in [7, 11) is 1.75. The lowest BCUT2D eigenvalue weighted by Crippen LogP contribution is -2.12. The van der Waals surface area contributed by atoms with Crippen LogP contribution in [0.25, 0.3) is 11.1 Å². The predicted octanol–water partition coefficient (Wildman–Crippen LogP) is 4.18. The molecule has 0 fully saturated rings. The lowest BCUT2D eigenvalue weighted by atomic mass is 10.0. The molecule has 0 N–H and O–H groups in total. The fraction of sp³-hybridized carbons (Fsp3) is 0.267. The molecule has 0 bridgehead atoms. The molecule has 0 amide bonds. The number of hydrogen-bond donors (Lipinski definition) is 0. The molecule has 0 aliphatic rings. The Kier molecular flexibility index (Phi) is 4.46. The van der Waals surface area contributed by atoms with Gasteiger partial charge in [-0.05, 0) is 23.4 Å². The van der Waals surface area contributed by atoms with Gasteiger partial charge in [-0.3, -0.25) is 4.79 Å². The molecule has 0 saturated heterocycles. The predicted molar refractivity (Wildman–Crippen MR) is 78.5 cm³/mol. The van der Waals surface area contributed by atoms with Crippen LogP contribution in [0.5, 0.6) is 0 Å². The Morgan fingerprint density at radius 1 is 1.24 bits per heavy atom. The summed E-state index contributed by atoms with van der Waals surface area (Å²) in [6.45, 7) is 1.92. The summed E-state index contributed by atoms with van der Waals surface area (Å²) in [5.41, 5.74) is -0.430. The molecule has 0 radical (unpaired) electrons. The normalized spacial score (nSPS) is 11.7. The van der Waals surface area contributed by atoms with E-state index >= 15 is 0 Å². The number of alkyl halides is 3. The van der Waals surface area contributed by atoms with Gasteiger partial charge in [0.05, 0.1) is 10.5 Å². The fourth-order valence-electron chi connectivity index (χ4n) is 2.00. The van der Waals surface area contributed by atoms with Crippen LogP contribution in [-0.4, -0.2) is 10.3 Å². The lowest BCUT2D eigenvalue weighted by molar-refractivity contribution is -0.137. The van der Waals surface area contributed by atoms with Crippen LogP contribution in [0.3, 0.4) is 0 Å². The minimum absolute atomic E-state index is 0.237. The highest BCUT2D eigenvalue weighted by Crippen LogP contribution is 2.31. The number of aryl methyl sites for hydroxylation is 1. The van der Waals surface area contributed by atoms with E-state index in [1.165, 1.54) is 23.9 Å². The molecule has 2 aromatic rings. The Morgan fingerprint density at radius 3 is 2.57 bits per heavy atom. The number of thioether (sulfide) groups is 1. The Labute approximate surface area is 124 Å². The van der Waals surface area contributed by atoms with Crippen LogP contribution >= 0.6 is 11.8 Å². The Hall–Kier alpha value is -1.69. The summed E-state index contributed by atoms with van der Waals surface area (Å²) < 4.78 is 40.0. The monoisotopic (exact) mass is 313 g/mol. The first-order valence-corrected chi connectivity index (χ1v) is 7.32. The van der Waals surface area contributed by atoms with Gasteiger partial charge >= 0.3 is 6.18 Å². The van der Waals surface area contributed by atoms with Gasteiger partial charge in [-0.25, -0.2) is 0 Å². The van der Waals surface area contributed by atoms with Gasteiger partial charge in [-0.15, -0.1) is 11.8 Å². The third-order valence-corrected chi connectivity index (χ3v) is 3.81. The van der Waals surface area contributed by atoms with Crippen LogP contribution in [0, 0.1) is 0 Å². The number of rotatable bonds is 3. The maximum absolute atomic E-state index is 12.8. The summed E-state index contributed by atoms with van der Waals surface area (Å²) in [6, 6.07) is 4.85. The number of nitrogens with zero attached hydrogens (tertiary/aromatic N) is 1. The van der Waals surface area contributed by atoms with Crippen molar-refractivity contribution in [2.24, 2.45) is 7.05 Å². The Balaban J connectivity index is 2.59. The second kappa shape index (κ2) is 5.97. The minimum atomic E-state index is -4.42. The van der Waals surface area contributed by atoms with E-state index in [1.54, 1.807) is 24.0 Å². The molecular weight excluding hydrogens is 299 g/mol. The van der Waals surface area contributed by atoms with Crippen molar-refractivity contribution in [3.05, 3.63) is 52.4 Å². The van der Waals surface area contributed by atoms with Crippen molar-refractivity contribution in [3.8, 4) is 11.1 Å². The van der Waals surface area contributed by atoms with Crippen molar-refractivity contribution >= 4 is 11.8 Å². The van der Waals surface area contributed by atoms with Crippen LogP contribution in [0.15, 0.2) is 46.3 Å². The highest BCUT2D eigenvalue weighted by atomic mass is 32.2. The molecule has 21 heavy (non-hydrogen) atoms. The van der Waals surface area contributed by atoms with Crippen LogP contribution in [0.2, 0.25) is 0 Å². The zero-order valence-corrected chi connectivity index (χ0v) is 12.4. The molecule has 2 nitrogen and oxygen atoms in total. The van der Waals surface area contributed by atoms with E-state index in [-0.39, 0.29) is 16.6 Å². The lowest BCUT2D eigenvalue weighted by Gasteiger charge is -2.11. The van der Waals surface area contributed by atoms with Gasteiger partial charge in [-0.1, -0.05) is 19.1 Å². The molecule has 1 heterocycles. The topological polar surface area (TPSA) is 22.0 Å². The van der Waals surface area contributed by atoms with Gasteiger partial charge in [-0.2, -0.15) is 13.2 Å². The summed E-state index contributed by atoms with van der Waals surface area (Å²) >= 11 is 1.38. The summed E-state index contributed by atoms with van der Waals surface area (Å²) in [4.78, 5) is 12.9. The minimum Gasteiger partial charge on any atom is -0.355 e. The number of hydrogen-bond acceptors (Lipinski definition) is 2. The molecule has 2 rings (SSSR count). The van der Waals surface area contributed by atoms with Crippen molar-refractivity contribution in [1.29, 1.82) is 0 Å².